The molecule has 26 heavy (non-hydrogen) atoms. The molecule has 0 radical (unpaired) electrons. The third-order valence-electron chi connectivity index (χ3n) is 3.76. The maximum absolute atomic E-state index is 12.7. The fourth-order valence-corrected chi connectivity index (χ4v) is 3.38. The highest BCUT2D eigenvalue weighted by Crippen LogP contribution is 2.22. The van der Waals surface area contributed by atoms with Crippen LogP contribution in [0.4, 0.5) is 5.69 Å². The molecule has 140 valence electrons. The molecule has 0 atom stereocenters. The predicted octanol–water partition coefficient (Wildman–Crippen LogP) is 3.19. The van der Waals surface area contributed by atoms with Gasteiger partial charge in [-0.1, -0.05) is 26.0 Å². The van der Waals surface area contributed by atoms with Gasteiger partial charge in [0.1, 0.15) is 5.75 Å². The van der Waals surface area contributed by atoms with Crippen molar-refractivity contribution in [3.05, 3.63) is 53.6 Å². The molecule has 0 spiro atoms. The van der Waals surface area contributed by atoms with Crippen molar-refractivity contribution in [2.45, 2.75) is 25.7 Å². The fraction of sp³-hybridized carbons (Fsp3) is 0.316. The number of sulfonamides is 1. The van der Waals surface area contributed by atoms with E-state index in [0.717, 1.165) is 0 Å². The summed E-state index contributed by atoms with van der Waals surface area (Å²) in [5.41, 5.74) is 1.45. The molecule has 0 aliphatic rings. The first-order valence-electron chi connectivity index (χ1n) is 8.28. The van der Waals surface area contributed by atoms with Crippen LogP contribution in [0.25, 0.3) is 0 Å². The third-order valence-corrected chi connectivity index (χ3v) is 5.14. The minimum Gasteiger partial charge on any atom is -0.497 e. The van der Waals surface area contributed by atoms with E-state index < -0.39 is 10.0 Å². The molecular weight excluding hydrogens is 352 g/mol. The first kappa shape index (κ1) is 19.8. The van der Waals surface area contributed by atoms with E-state index in [0.29, 0.717) is 35.0 Å². The summed E-state index contributed by atoms with van der Waals surface area (Å²) in [6.07, 6.45) is 0. The molecule has 0 aliphatic carbocycles. The van der Waals surface area contributed by atoms with Gasteiger partial charge in [0.15, 0.2) is 0 Å². The molecule has 2 N–H and O–H groups in total. The smallest absolute Gasteiger partial charge is 0.261 e. The Balaban J connectivity index is 2.29. The lowest BCUT2D eigenvalue weighted by atomic mass is 10.1. The molecule has 0 heterocycles. The van der Waals surface area contributed by atoms with Crippen molar-refractivity contribution in [3.8, 4) is 5.75 Å². The zero-order chi connectivity index (χ0) is 19.3. The molecule has 2 rings (SSSR count). The van der Waals surface area contributed by atoms with Crippen LogP contribution in [0.5, 0.6) is 5.75 Å². The van der Waals surface area contributed by atoms with Gasteiger partial charge in [-0.25, -0.2) is 8.42 Å². The van der Waals surface area contributed by atoms with Crippen molar-refractivity contribution in [2.24, 2.45) is 5.92 Å². The van der Waals surface area contributed by atoms with Crippen LogP contribution < -0.4 is 14.8 Å². The summed E-state index contributed by atoms with van der Waals surface area (Å²) < 4.78 is 32.9. The molecule has 2 aromatic carbocycles. The van der Waals surface area contributed by atoms with Crippen LogP contribution in [-0.2, 0) is 10.0 Å². The Morgan fingerprint density at radius 3 is 2.54 bits per heavy atom. The molecule has 0 saturated heterocycles. The number of aryl methyl sites for hydroxylation is 1. The Kier molecular flexibility index (Phi) is 6.26. The van der Waals surface area contributed by atoms with Crippen LogP contribution in [0.3, 0.4) is 0 Å². The van der Waals surface area contributed by atoms with Crippen molar-refractivity contribution in [1.82, 2.24) is 5.32 Å². The van der Waals surface area contributed by atoms with Crippen molar-refractivity contribution in [2.75, 3.05) is 18.4 Å². The van der Waals surface area contributed by atoms with E-state index in [1.54, 1.807) is 37.3 Å². The van der Waals surface area contributed by atoms with Crippen LogP contribution >= 0.6 is 0 Å². The largest absolute Gasteiger partial charge is 0.497 e. The van der Waals surface area contributed by atoms with Crippen LogP contribution in [0.1, 0.15) is 29.8 Å². The first-order valence-corrected chi connectivity index (χ1v) is 9.77. The SMILES string of the molecule is COc1cccc(NS(=O)(=O)c2ccc(C)c(C(=O)NCC(C)C)c2)c1. The van der Waals surface area contributed by atoms with Gasteiger partial charge in [0.05, 0.1) is 17.7 Å². The molecule has 0 saturated carbocycles. The lowest BCUT2D eigenvalue weighted by Crippen LogP contribution is -2.28. The van der Waals surface area contributed by atoms with Gasteiger partial charge in [-0.2, -0.15) is 0 Å². The van der Waals surface area contributed by atoms with Crippen LogP contribution in [0, 0.1) is 12.8 Å². The minimum atomic E-state index is -3.83. The van der Waals surface area contributed by atoms with E-state index in [9.17, 15) is 13.2 Å². The summed E-state index contributed by atoms with van der Waals surface area (Å²) in [7, 11) is -2.32. The number of benzene rings is 2. The van der Waals surface area contributed by atoms with E-state index in [1.165, 1.54) is 19.2 Å². The van der Waals surface area contributed by atoms with Gasteiger partial charge in [-0.15, -0.1) is 0 Å². The lowest BCUT2D eigenvalue weighted by Gasteiger charge is -2.13. The van der Waals surface area contributed by atoms with Crippen molar-refractivity contribution < 1.29 is 17.9 Å². The van der Waals surface area contributed by atoms with Gasteiger partial charge >= 0.3 is 0 Å². The van der Waals surface area contributed by atoms with Gasteiger partial charge in [0.25, 0.3) is 15.9 Å². The highest BCUT2D eigenvalue weighted by molar-refractivity contribution is 7.92. The Hall–Kier alpha value is -2.54. The Bertz CT molecular complexity index is 892. The van der Waals surface area contributed by atoms with E-state index in [-0.39, 0.29) is 10.8 Å². The number of carbonyl (C=O) groups excluding carboxylic acids is 1. The molecule has 1 amide bonds. The molecule has 0 aromatic heterocycles. The van der Waals surface area contributed by atoms with E-state index in [1.807, 2.05) is 13.8 Å². The maximum atomic E-state index is 12.7. The number of amides is 1. The summed E-state index contributed by atoms with van der Waals surface area (Å²) in [6, 6.07) is 11.1. The van der Waals surface area contributed by atoms with Crippen LogP contribution in [0.15, 0.2) is 47.4 Å². The second-order valence-electron chi connectivity index (χ2n) is 6.42. The Morgan fingerprint density at radius 2 is 1.88 bits per heavy atom. The van der Waals surface area contributed by atoms with Gasteiger partial charge in [-0.05, 0) is 42.7 Å². The highest BCUT2D eigenvalue weighted by Gasteiger charge is 2.18. The number of methoxy groups -OCH3 is 1. The number of nitrogens with one attached hydrogen (secondary N) is 2. The Morgan fingerprint density at radius 1 is 1.15 bits per heavy atom. The number of ether oxygens (including phenoxy) is 1. The van der Waals surface area contributed by atoms with Gasteiger partial charge in [-0.3, -0.25) is 9.52 Å². The molecule has 2 aromatic rings. The number of hydrogen-bond donors (Lipinski definition) is 2. The van der Waals surface area contributed by atoms with Crippen molar-refractivity contribution >= 4 is 21.6 Å². The summed E-state index contributed by atoms with van der Waals surface area (Å²) in [6.45, 7) is 6.28. The van der Waals surface area contributed by atoms with Crippen molar-refractivity contribution in [1.29, 1.82) is 0 Å². The van der Waals surface area contributed by atoms with Gasteiger partial charge < -0.3 is 10.1 Å². The highest BCUT2D eigenvalue weighted by atomic mass is 32.2. The average molecular weight is 376 g/mol. The second kappa shape index (κ2) is 8.23. The standard InChI is InChI=1S/C19H24N2O4S/c1-13(2)12-20-19(22)18-11-17(9-8-14(18)3)26(23,24)21-15-6-5-7-16(10-15)25-4/h5-11,13,21H,12H2,1-4H3,(H,20,22). The molecule has 0 unspecified atom stereocenters. The monoisotopic (exact) mass is 376 g/mol. The van der Waals surface area contributed by atoms with E-state index >= 15 is 0 Å². The average Bonchev–Trinajstić information content (AvgIpc) is 2.59. The van der Waals surface area contributed by atoms with Crippen LogP contribution in [-0.4, -0.2) is 28.0 Å². The number of rotatable bonds is 7. The Labute approximate surface area is 154 Å². The molecule has 0 bridgehead atoms. The van der Waals surface area contributed by atoms with Gasteiger partial charge in [0, 0.05) is 18.2 Å². The van der Waals surface area contributed by atoms with Gasteiger partial charge in [0.2, 0.25) is 0 Å². The number of anilines is 1. The van der Waals surface area contributed by atoms with E-state index in [2.05, 4.69) is 10.0 Å². The van der Waals surface area contributed by atoms with E-state index in [4.69, 9.17) is 4.74 Å². The summed E-state index contributed by atoms with van der Waals surface area (Å²) in [5, 5.41) is 2.81. The number of carbonyl (C=O) groups is 1. The molecule has 0 aliphatic heterocycles. The zero-order valence-electron chi connectivity index (χ0n) is 15.4. The zero-order valence-corrected chi connectivity index (χ0v) is 16.2. The first-order chi connectivity index (χ1) is 12.2. The second-order valence-corrected chi connectivity index (χ2v) is 8.10. The summed E-state index contributed by atoms with van der Waals surface area (Å²) in [4.78, 5) is 12.4. The van der Waals surface area contributed by atoms with Crippen LogP contribution in [0.2, 0.25) is 0 Å². The maximum Gasteiger partial charge on any atom is 0.261 e. The number of hydrogen-bond acceptors (Lipinski definition) is 4. The molecule has 7 heteroatoms. The summed E-state index contributed by atoms with van der Waals surface area (Å²) >= 11 is 0. The van der Waals surface area contributed by atoms with Crippen molar-refractivity contribution in [3.63, 3.8) is 0 Å². The predicted molar refractivity (Wildman–Crippen MR) is 102 cm³/mol. The fourth-order valence-electron chi connectivity index (χ4n) is 2.31. The summed E-state index contributed by atoms with van der Waals surface area (Å²) in [5.74, 6) is 0.568. The lowest BCUT2D eigenvalue weighted by molar-refractivity contribution is 0.0948. The quantitative estimate of drug-likeness (QED) is 0.777. The molecule has 6 nitrogen and oxygen atoms in total. The topological polar surface area (TPSA) is 84.5 Å². The third kappa shape index (κ3) is 4.98. The normalized spacial score (nSPS) is 11.3. The molecule has 0 fully saturated rings. The molecular formula is C19H24N2O4S. The minimum absolute atomic E-state index is 0.0283.